The minimum absolute atomic E-state index is 0.438. The van der Waals surface area contributed by atoms with Crippen molar-refractivity contribution in [2.24, 2.45) is 0 Å². The maximum atomic E-state index is 10.2. The predicted octanol–water partition coefficient (Wildman–Crippen LogP) is -21.0. The first kappa shape index (κ1) is 31.0. The summed E-state index contributed by atoms with van der Waals surface area (Å²) in [6.45, 7) is 0.881. The van der Waals surface area contributed by atoms with Gasteiger partial charge in [0.1, 0.15) is 0 Å². The number of carbonyl (C=O) groups is 1. The lowest BCUT2D eigenvalue weighted by molar-refractivity contribution is -1.73. The summed E-state index contributed by atoms with van der Waals surface area (Å²) in [5.41, 5.74) is 7.15. The molecule has 0 bridgehead atoms. The maximum Gasteiger partial charge on any atom is 0.503 e. The summed E-state index contributed by atoms with van der Waals surface area (Å²) in [5.74, 6) is -0.802. The number of hydrogen-bond donors (Lipinski definition) is 4. The van der Waals surface area contributed by atoms with E-state index in [4.69, 9.17) is 36.0 Å². The summed E-state index contributed by atoms with van der Waals surface area (Å²) < 4.78 is 75.9. The Hall–Kier alpha value is 1.22. The molecule has 0 rings (SSSR count). The zero-order valence-corrected chi connectivity index (χ0v) is 17.5. The average Bonchev–Trinajstić information content (AvgIpc) is 2.26. The zero-order valence-electron chi connectivity index (χ0n) is 11.0. The van der Waals surface area contributed by atoms with Crippen molar-refractivity contribution < 1.29 is 115 Å². The van der Waals surface area contributed by atoms with Gasteiger partial charge in [-0.25, -0.2) is 4.79 Å². The first-order chi connectivity index (χ1) is 9.88. The molecule has 138 valence electrons. The van der Waals surface area contributed by atoms with E-state index >= 15 is 0 Å². The highest BCUT2D eigenvalue weighted by atomic mass is 127. The number of halogens is 3. The van der Waals surface area contributed by atoms with E-state index in [1.54, 1.807) is 0 Å². The second-order valence-electron chi connectivity index (χ2n) is 2.96. The van der Waals surface area contributed by atoms with E-state index in [2.05, 4.69) is 11.5 Å². The van der Waals surface area contributed by atoms with Gasteiger partial charge in [0.2, 0.25) is 0 Å². The fourth-order valence-electron chi connectivity index (χ4n) is 0.691. The number of rotatable bonds is 5. The Morgan fingerprint density at radius 2 is 1.23 bits per heavy atom. The van der Waals surface area contributed by atoms with Crippen LogP contribution in [0.25, 0.3) is 0 Å². The first-order valence-corrected chi connectivity index (χ1v) is 12.9. The second kappa shape index (κ2) is 24.5. The van der Waals surface area contributed by atoms with Crippen molar-refractivity contribution in [1.29, 1.82) is 0 Å². The molecule has 16 heteroatoms. The van der Waals surface area contributed by atoms with Gasteiger partial charge in [-0.05, 0) is 16.3 Å². The van der Waals surface area contributed by atoms with Crippen LogP contribution in [0.3, 0.4) is 0 Å². The number of unbranched alkanes of at least 4 members (excludes halogenated alkanes) is 1. The highest BCUT2D eigenvalue weighted by Gasteiger charge is 2.13. The van der Waals surface area contributed by atoms with E-state index in [9.17, 15) is 4.79 Å². The summed E-state index contributed by atoms with van der Waals surface area (Å²) in [7, 11) is 0. The molecule has 0 heterocycles. The molecular formula is C6H17I3N2O11. The first-order valence-electron chi connectivity index (χ1n) is 4.94. The van der Waals surface area contributed by atoms with Crippen molar-refractivity contribution in [1.82, 2.24) is 0 Å². The molecule has 8 N–H and O–H groups in total. The minimum atomic E-state index is -4.01. The number of hydrogen-bond acceptors (Lipinski definition) is 10. The van der Waals surface area contributed by atoms with Crippen LogP contribution in [0, 0.1) is 0 Å². The second-order valence-corrected chi connectivity index (χ2v) is 6.27. The monoisotopic (exact) mass is 674 g/mol. The molecule has 0 aromatic heterocycles. The summed E-state index contributed by atoms with van der Waals surface area (Å²) in [4.78, 5) is 10.2. The van der Waals surface area contributed by atoms with Gasteiger partial charge in [0.15, 0.2) is 6.04 Å². The van der Waals surface area contributed by atoms with Crippen molar-refractivity contribution in [3.05, 3.63) is 0 Å². The lowest BCUT2D eigenvalue weighted by Crippen LogP contribution is -4.05. The molecule has 0 radical (unpaired) electrons. The largest absolute Gasteiger partial charge is 0.503 e. The van der Waals surface area contributed by atoms with Gasteiger partial charge in [-0.1, -0.05) is 0 Å². The molecule has 0 fully saturated rings. The van der Waals surface area contributed by atoms with Gasteiger partial charge in [-0.15, -0.1) is 0 Å². The fourth-order valence-corrected chi connectivity index (χ4v) is 0.691. The third-order valence-corrected chi connectivity index (χ3v) is 1.40. The van der Waals surface area contributed by atoms with Crippen molar-refractivity contribution in [2.45, 2.75) is 25.3 Å². The lowest BCUT2D eigenvalue weighted by atomic mass is 10.1. The molecule has 13 nitrogen and oxygen atoms in total. The van der Waals surface area contributed by atoms with E-state index < -0.39 is 75.2 Å². The van der Waals surface area contributed by atoms with Crippen LogP contribution in [0.4, 0.5) is 0 Å². The average molecular weight is 674 g/mol. The third kappa shape index (κ3) is 83.1. The van der Waals surface area contributed by atoms with Crippen LogP contribution in [0.1, 0.15) is 19.3 Å². The van der Waals surface area contributed by atoms with E-state index in [0.29, 0.717) is 6.42 Å². The SMILES string of the molecule is [NH3+]CCCC[C@H]([NH3+])C(=O)O.[O-][I+2]([O-])O.[O-][I+2]([O-])[O-].[O-][I+2]([O-])[O-]. The van der Waals surface area contributed by atoms with Gasteiger partial charge >= 0.3 is 27.0 Å². The topological polar surface area (TPSA) is 297 Å². The van der Waals surface area contributed by atoms with E-state index in [1.165, 1.54) is 0 Å². The van der Waals surface area contributed by atoms with Gasteiger partial charge in [0.25, 0.3) is 42.1 Å². The van der Waals surface area contributed by atoms with Crippen LogP contribution in [0.5, 0.6) is 0 Å². The third-order valence-electron chi connectivity index (χ3n) is 1.40. The smallest absolute Gasteiger partial charge is 0.477 e. The Bertz CT molecular complexity index is 201. The van der Waals surface area contributed by atoms with Crippen molar-refractivity contribution in [2.75, 3.05) is 6.54 Å². The Morgan fingerprint density at radius 3 is 1.41 bits per heavy atom. The van der Waals surface area contributed by atoms with E-state index in [0.717, 1.165) is 19.4 Å². The molecule has 22 heavy (non-hydrogen) atoms. The van der Waals surface area contributed by atoms with E-state index in [-0.39, 0.29) is 0 Å². The maximum absolute atomic E-state index is 10.2. The molecule has 0 saturated heterocycles. The molecule has 0 saturated carbocycles. The standard InChI is InChI=1S/C6H14N2O2.HIO3.2IO3/c7-4-2-1-3-5(8)6(9)10;3*2-1(3)4/h5H,1-4,7-8H2,(H,9,10);2H;;/q;;2*-1/p+2/t5-;;;/m0.../s1. The number of carboxylic acids is 1. The Morgan fingerprint density at radius 1 is 0.955 bits per heavy atom. The Balaban J connectivity index is -0.000000112. The van der Waals surface area contributed by atoms with Crippen LogP contribution in [-0.4, -0.2) is 27.1 Å². The van der Waals surface area contributed by atoms with Gasteiger partial charge in [-0.2, -0.15) is 0 Å². The Kier molecular flexibility index (Phi) is 34.5. The quantitative estimate of drug-likeness (QED) is 0.157. The lowest BCUT2D eigenvalue weighted by Gasteiger charge is -1.99. The summed E-state index contributed by atoms with van der Waals surface area (Å²) >= 11 is -11.8. The molecule has 0 aromatic rings. The fraction of sp³-hybridized carbons (Fsp3) is 0.833. The van der Waals surface area contributed by atoms with Crippen molar-refractivity contribution >= 4 is 5.97 Å². The number of carboxylic acid groups (broad SMARTS) is 1. The highest BCUT2D eigenvalue weighted by molar-refractivity contribution is 5.71. The normalized spacial score (nSPS) is 10.8. The van der Waals surface area contributed by atoms with Gasteiger partial charge in [0.05, 0.1) is 6.54 Å². The van der Waals surface area contributed by atoms with Gasteiger partial charge in [0, 0.05) is 6.42 Å². The summed E-state index contributed by atoms with van der Waals surface area (Å²) in [6, 6.07) is -0.438. The molecule has 1 atom stereocenters. The highest BCUT2D eigenvalue weighted by Crippen LogP contribution is 1.95. The van der Waals surface area contributed by atoms with Crippen LogP contribution < -0.4 is 102 Å². The molecule has 0 aliphatic heterocycles. The minimum Gasteiger partial charge on any atom is -0.477 e. The van der Waals surface area contributed by atoms with E-state index in [1.807, 2.05) is 0 Å². The van der Waals surface area contributed by atoms with Crippen molar-refractivity contribution in [3.8, 4) is 0 Å². The predicted molar refractivity (Wildman–Crippen MR) is 38.1 cm³/mol. The molecule has 0 aliphatic rings. The Labute approximate surface area is 152 Å². The summed E-state index contributed by atoms with van der Waals surface area (Å²) in [5, 5.41) is 8.40. The molecule has 0 unspecified atom stereocenters. The van der Waals surface area contributed by atoms with Crippen LogP contribution >= 0.6 is 0 Å². The molecule has 0 aliphatic carbocycles. The van der Waals surface area contributed by atoms with Crippen molar-refractivity contribution in [3.63, 3.8) is 0 Å². The van der Waals surface area contributed by atoms with Crippen LogP contribution in [0.2, 0.25) is 0 Å². The zero-order chi connectivity index (χ0) is 18.7. The van der Waals surface area contributed by atoms with Gasteiger partial charge < -0.3 is 44.1 Å². The molecule has 0 aromatic carbocycles. The van der Waals surface area contributed by atoms with Crippen LogP contribution in [0.15, 0.2) is 0 Å². The molecular weight excluding hydrogens is 657 g/mol. The van der Waals surface area contributed by atoms with Crippen LogP contribution in [-0.2, 0) is 4.79 Å². The number of quaternary nitrogens is 2. The number of aliphatic carboxylic acids is 1. The van der Waals surface area contributed by atoms with Gasteiger partial charge in [-0.3, -0.25) is 0 Å². The molecule has 0 spiro atoms. The molecule has 0 amide bonds. The summed E-state index contributed by atoms with van der Waals surface area (Å²) in [6.07, 6.45) is 2.59.